The van der Waals surface area contributed by atoms with Gasteiger partial charge in [-0.25, -0.2) is 0 Å². The van der Waals surface area contributed by atoms with Crippen molar-refractivity contribution in [3.8, 4) is 0 Å². The number of rotatable bonds is 13. The van der Waals surface area contributed by atoms with Crippen molar-refractivity contribution in [3.63, 3.8) is 0 Å². The van der Waals surface area contributed by atoms with Crippen molar-refractivity contribution < 1.29 is 38.7 Å². The van der Waals surface area contributed by atoms with Crippen molar-refractivity contribution in [1.29, 1.82) is 0 Å². The zero-order valence-corrected chi connectivity index (χ0v) is 12.9. The molecule has 0 radical (unpaired) electrons. The van der Waals surface area contributed by atoms with Gasteiger partial charge in [-0.1, -0.05) is 39.0 Å². The predicted octanol–water partition coefficient (Wildman–Crippen LogP) is -1.73. The maximum absolute atomic E-state index is 10.5. The van der Waals surface area contributed by atoms with Crippen LogP contribution in [0.3, 0.4) is 0 Å². The van der Waals surface area contributed by atoms with Gasteiger partial charge in [-0.05, 0) is 19.4 Å². The molecule has 0 fully saturated rings. The molecule has 0 rings (SSSR count). The molecule has 1 N–H and O–H groups in total. The molecule has 0 atom stereocenters. The number of hydrogen-bond acceptors (Lipinski definition) is 4. The fraction of sp³-hybridized carbons (Fsp3) is 0.857. The van der Waals surface area contributed by atoms with Crippen LogP contribution in [0.2, 0.25) is 0 Å². The van der Waals surface area contributed by atoms with Gasteiger partial charge in [-0.3, -0.25) is 4.79 Å². The Hall–Kier alpha value is -0.503. The molecule has 0 saturated carbocycles. The van der Waals surface area contributed by atoms with Crippen LogP contribution in [0, 0.1) is 0 Å². The van der Waals surface area contributed by atoms with E-state index in [0.29, 0.717) is 13.1 Å². The molecular weight excluding hydrogens is 253 g/mol. The Morgan fingerprint density at radius 2 is 1.50 bits per heavy atom. The first-order valence-electron chi connectivity index (χ1n) is 7.20. The average Bonchev–Trinajstić information content (AvgIpc) is 2.35. The van der Waals surface area contributed by atoms with Crippen LogP contribution in [0.1, 0.15) is 58.3 Å². The summed E-state index contributed by atoms with van der Waals surface area (Å²) in [5.74, 6) is -1.93. The molecular formula is C14H26LiNO4. The predicted molar refractivity (Wildman–Crippen MR) is 71.7 cm³/mol. The fourth-order valence-corrected chi connectivity index (χ4v) is 1.95. The summed E-state index contributed by atoms with van der Waals surface area (Å²) in [4.78, 5) is 22.9. The molecule has 0 bridgehead atoms. The summed E-state index contributed by atoms with van der Waals surface area (Å²) < 4.78 is 0. The van der Waals surface area contributed by atoms with Gasteiger partial charge in [0.1, 0.15) is 0 Å². The van der Waals surface area contributed by atoms with Crippen LogP contribution in [-0.4, -0.2) is 41.6 Å². The molecule has 0 aliphatic rings. The quantitative estimate of drug-likeness (QED) is 0.320. The van der Waals surface area contributed by atoms with Gasteiger partial charge in [-0.15, -0.1) is 0 Å². The van der Waals surface area contributed by atoms with Gasteiger partial charge in [-0.2, -0.15) is 0 Å². The molecule has 0 unspecified atom stereocenters. The molecule has 0 aromatic rings. The minimum absolute atomic E-state index is 0. The van der Waals surface area contributed by atoms with E-state index < -0.39 is 11.9 Å². The zero-order valence-electron chi connectivity index (χ0n) is 12.9. The van der Waals surface area contributed by atoms with E-state index >= 15 is 0 Å². The molecule has 0 aromatic carbocycles. The van der Waals surface area contributed by atoms with E-state index in [2.05, 4.69) is 6.92 Å². The fourth-order valence-electron chi connectivity index (χ4n) is 1.95. The Bertz CT molecular complexity index is 244. The molecule has 20 heavy (non-hydrogen) atoms. The number of hydrogen-bond donors (Lipinski definition) is 1. The van der Waals surface area contributed by atoms with Crippen LogP contribution in [0.5, 0.6) is 0 Å². The first kappa shape index (κ1) is 21.8. The van der Waals surface area contributed by atoms with E-state index in [1.807, 2.05) is 4.90 Å². The summed E-state index contributed by atoms with van der Waals surface area (Å²) in [5.41, 5.74) is 0. The summed E-state index contributed by atoms with van der Waals surface area (Å²) in [6.07, 6.45) is 7.05. The van der Waals surface area contributed by atoms with Gasteiger partial charge in [0.2, 0.25) is 0 Å². The monoisotopic (exact) mass is 279 g/mol. The topological polar surface area (TPSA) is 80.7 Å². The number of carboxylic acid groups (broad SMARTS) is 2. The Balaban J connectivity index is 0. The Kier molecular flexibility index (Phi) is 16.2. The number of aliphatic carboxylic acids is 2. The Morgan fingerprint density at radius 1 is 0.950 bits per heavy atom. The van der Waals surface area contributed by atoms with E-state index in [1.54, 1.807) is 0 Å². The molecule has 0 aromatic heterocycles. The minimum atomic E-state index is -1.08. The third kappa shape index (κ3) is 15.6. The number of unbranched alkanes of at least 4 members (excludes halogenated alkanes) is 5. The van der Waals surface area contributed by atoms with Gasteiger partial charge < -0.3 is 19.9 Å². The van der Waals surface area contributed by atoms with Gasteiger partial charge in [0, 0.05) is 19.1 Å². The number of nitrogens with zero attached hydrogens (tertiary/aromatic N) is 1. The third-order valence-electron chi connectivity index (χ3n) is 3.10. The SMILES string of the molecule is CCCCCCCCN(CCC(=O)[O-])CCC(=O)O.[Li+]. The maximum Gasteiger partial charge on any atom is 1.00 e. The van der Waals surface area contributed by atoms with Crippen LogP contribution < -0.4 is 24.0 Å². The second kappa shape index (κ2) is 14.9. The van der Waals surface area contributed by atoms with Gasteiger partial charge in [0.05, 0.1) is 6.42 Å². The van der Waals surface area contributed by atoms with Crippen molar-refractivity contribution >= 4 is 11.9 Å². The van der Waals surface area contributed by atoms with E-state index in [9.17, 15) is 14.7 Å². The molecule has 0 spiro atoms. The van der Waals surface area contributed by atoms with Gasteiger partial charge in [0.25, 0.3) is 0 Å². The third-order valence-corrected chi connectivity index (χ3v) is 3.10. The second-order valence-electron chi connectivity index (χ2n) is 4.88. The Labute approximate surface area is 133 Å². The smallest absolute Gasteiger partial charge is 0.550 e. The van der Waals surface area contributed by atoms with Crippen LogP contribution in [0.4, 0.5) is 0 Å². The standard InChI is InChI=1S/C14H27NO4.Li/c1-2-3-4-5-6-7-10-15(11-8-13(16)17)12-9-14(18)19;/h2-12H2,1H3,(H,16,17)(H,18,19);/q;+1/p-1. The van der Waals surface area contributed by atoms with Crippen molar-refractivity contribution in [2.45, 2.75) is 58.3 Å². The van der Waals surface area contributed by atoms with Crippen molar-refractivity contribution in [2.24, 2.45) is 0 Å². The second-order valence-corrected chi connectivity index (χ2v) is 4.88. The molecule has 112 valence electrons. The molecule has 5 nitrogen and oxygen atoms in total. The molecule has 0 heterocycles. The largest absolute Gasteiger partial charge is 1.00 e. The molecule has 0 saturated heterocycles. The normalized spacial score (nSPS) is 10.3. The van der Waals surface area contributed by atoms with Crippen molar-refractivity contribution in [3.05, 3.63) is 0 Å². The molecule has 0 aliphatic carbocycles. The van der Waals surface area contributed by atoms with E-state index in [4.69, 9.17) is 5.11 Å². The van der Waals surface area contributed by atoms with Gasteiger partial charge in [0.15, 0.2) is 0 Å². The van der Waals surface area contributed by atoms with E-state index in [0.717, 1.165) is 19.4 Å². The summed E-state index contributed by atoms with van der Waals surface area (Å²) in [7, 11) is 0. The summed E-state index contributed by atoms with van der Waals surface area (Å²) in [5, 5.41) is 19.1. The number of carboxylic acids is 2. The number of carbonyl (C=O) groups excluding carboxylic acids is 1. The van der Waals surface area contributed by atoms with Crippen LogP contribution in [0.15, 0.2) is 0 Å². The molecule has 0 amide bonds. The van der Waals surface area contributed by atoms with E-state index in [-0.39, 0.29) is 31.7 Å². The van der Waals surface area contributed by atoms with Crippen LogP contribution >= 0.6 is 0 Å². The van der Waals surface area contributed by atoms with Crippen LogP contribution in [-0.2, 0) is 9.59 Å². The zero-order chi connectivity index (χ0) is 14.5. The van der Waals surface area contributed by atoms with Crippen LogP contribution in [0.25, 0.3) is 0 Å². The number of carbonyl (C=O) groups is 2. The summed E-state index contributed by atoms with van der Waals surface area (Å²) in [6.45, 7) is 3.74. The first-order valence-corrected chi connectivity index (χ1v) is 7.20. The minimum Gasteiger partial charge on any atom is -0.550 e. The van der Waals surface area contributed by atoms with Crippen molar-refractivity contribution in [1.82, 2.24) is 4.90 Å². The Morgan fingerprint density at radius 3 is 2.05 bits per heavy atom. The molecule has 0 aliphatic heterocycles. The first-order chi connectivity index (χ1) is 9.06. The molecule has 6 heteroatoms. The van der Waals surface area contributed by atoms with Crippen molar-refractivity contribution in [2.75, 3.05) is 19.6 Å². The maximum atomic E-state index is 10.5. The van der Waals surface area contributed by atoms with Gasteiger partial charge >= 0.3 is 24.8 Å². The summed E-state index contributed by atoms with van der Waals surface area (Å²) >= 11 is 0. The average molecular weight is 279 g/mol. The summed E-state index contributed by atoms with van der Waals surface area (Å²) in [6, 6.07) is 0. The van der Waals surface area contributed by atoms with E-state index in [1.165, 1.54) is 25.7 Å².